The summed E-state index contributed by atoms with van der Waals surface area (Å²) in [6.07, 6.45) is 5.81. The molecule has 0 spiro atoms. The molecule has 2 aliphatic carbocycles. The van der Waals surface area contributed by atoms with E-state index in [9.17, 15) is 0 Å². The highest BCUT2D eigenvalue weighted by Crippen LogP contribution is 2.58. The predicted octanol–water partition coefficient (Wildman–Crippen LogP) is 12.1. The summed E-state index contributed by atoms with van der Waals surface area (Å²) in [7, 11) is -0.721. The topological polar surface area (TPSA) is 3.24 Å². The lowest BCUT2D eigenvalue weighted by Gasteiger charge is -2.46. The number of nitrogens with zero attached hydrogens (tertiary/aromatic N) is 1. The number of hydrogen-bond donors (Lipinski definition) is 0. The summed E-state index contributed by atoms with van der Waals surface area (Å²) < 4.78 is 0. The van der Waals surface area contributed by atoms with Gasteiger partial charge in [-0.2, -0.15) is 0 Å². The minimum atomic E-state index is -0.721. The smallest absolute Gasteiger partial charge is 0.0713 e. The minimum Gasteiger partial charge on any atom is -0.310 e. The normalized spacial score (nSPS) is 17.4. The average Bonchev–Trinajstić information content (AvgIpc) is 3.54. The van der Waals surface area contributed by atoms with Crippen LogP contribution in [-0.2, 0) is 10.8 Å². The molecule has 1 heterocycles. The van der Waals surface area contributed by atoms with Gasteiger partial charge in [0.25, 0.3) is 0 Å². The Kier molecular flexibility index (Phi) is 8.13. The van der Waals surface area contributed by atoms with E-state index < -0.39 is 13.3 Å². The van der Waals surface area contributed by atoms with Crippen molar-refractivity contribution in [2.24, 2.45) is 5.92 Å². The molecule has 1 unspecified atom stereocenters. The Morgan fingerprint density at radius 1 is 0.527 bits per heavy atom. The van der Waals surface area contributed by atoms with Gasteiger partial charge in [-0.1, -0.05) is 191 Å². The molecule has 0 saturated heterocycles. The fourth-order valence-electron chi connectivity index (χ4n) is 9.73. The van der Waals surface area contributed by atoms with Gasteiger partial charge in [-0.05, 0) is 105 Å². The highest BCUT2D eigenvalue weighted by atomic mass is 31.1. The zero-order valence-corrected chi connectivity index (χ0v) is 32.5. The number of hydrogen-bond acceptors (Lipinski definition) is 1. The second-order valence-corrected chi connectivity index (χ2v) is 18.0. The van der Waals surface area contributed by atoms with Crippen molar-refractivity contribution in [2.45, 2.75) is 38.0 Å². The van der Waals surface area contributed by atoms with E-state index in [1.165, 1.54) is 77.5 Å². The van der Waals surface area contributed by atoms with Crippen molar-refractivity contribution in [2.75, 3.05) is 4.90 Å². The summed E-state index contributed by atoms with van der Waals surface area (Å²) in [6.45, 7) is 7.25. The number of para-hydroxylation sites is 1. The molecule has 55 heavy (non-hydrogen) atoms. The van der Waals surface area contributed by atoms with Gasteiger partial charge in [0.15, 0.2) is 0 Å². The van der Waals surface area contributed by atoms with Crippen LogP contribution in [0, 0.1) is 5.92 Å². The first-order valence-electron chi connectivity index (χ1n) is 19.6. The zero-order valence-electron chi connectivity index (χ0n) is 31.7. The van der Waals surface area contributed by atoms with Crippen molar-refractivity contribution in [3.05, 3.63) is 233 Å². The number of benzene rings is 7. The van der Waals surface area contributed by atoms with Gasteiger partial charge in [0.05, 0.1) is 11.1 Å². The molecule has 266 valence electrons. The van der Waals surface area contributed by atoms with Crippen molar-refractivity contribution < 1.29 is 0 Å². The molecule has 0 saturated carbocycles. The van der Waals surface area contributed by atoms with Crippen molar-refractivity contribution in [1.82, 2.24) is 0 Å². The van der Waals surface area contributed by atoms with Crippen LogP contribution in [0.2, 0.25) is 0 Å². The number of anilines is 2. The lowest BCUT2D eigenvalue weighted by Crippen LogP contribution is -2.37. The third-order valence-electron chi connectivity index (χ3n) is 12.3. The Morgan fingerprint density at radius 2 is 1.04 bits per heavy atom. The fourth-order valence-corrected chi connectivity index (χ4v) is 12.0. The van der Waals surface area contributed by atoms with E-state index in [4.69, 9.17) is 0 Å². The highest BCUT2D eigenvalue weighted by molar-refractivity contribution is 7.79. The van der Waals surface area contributed by atoms with E-state index in [1.54, 1.807) is 0 Å². The lowest BCUT2D eigenvalue weighted by atomic mass is 9.64. The molecule has 1 nitrogen and oxygen atoms in total. The summed E-state index contributed by atoms with van der Waals surface area (Å²) in [5, 5.41) is 4.08. The predicted molar refractivity (Wildman–Crippen MR) is 234 cm³/mol. The molecule has 1 atom stereocenters. The quantitative estimate of drug-likeness (QED) is 0.154. The van der Waals surface area contributed by atoms with Crippen molar-refractivity contribution in [3.63, 3.8) is 0 Å². The summed E-state index contributed by atoms with van der Waals surface area (Å²) in [6, 6.07) is 68.3. The Balaban J connectivity index is 1.21. The standard InChI is InChI=1S/C53H44NP/c1-37-27-33-50-48(35-37)52(2,3)49-36-39(30-34-51(49)54(50)40-17-7-4-8-18-40)53(46-25-15-13-23-44(46)45-24-14-16-26-47(45)53)38-28-31-43(32-29-38)55(41-19-9-5-10-20-41)42-21-11-6-12-22-42/h4-34,36-37H,35H2,1-3H3. The van der Waals surface area contributed by atoms with E-state index in [0.717, 1.165) is 6.42 Å². The molecule has 7 aromatic carbocycles. The molecule has 0 radical (unpaired) electrons. The maximum atomic E-state index is 2.58. The Bertz CT molecular complexity index is 2520. The number of allylic oxidation sites excluding steroid dienone is 3. The second kappa shape index (κ2) is 13.2. The van der Waals surface area contributed by atoms with Gasteiger partial charge < -0.3 is 4.90 Å². The molecule has 7 aromatic rings. The summed E-state index contributed by atoms with van der Waals surface area (Å²) in [4.78, 5) is 2.51. The monoisotopic (exact) mass is 725 g/mol. The van der Waals surface area contributed by atoms with Gasteiger partial charge >= 0.3 is 0 Å². The van der Waals surface area contributed by atoms with Crippen LogP contribution in [-0.4, -0.2) is 0 Å². The van der Waals surface area contributed by atoms with E-state index in [0.29, 0.717) is 5.92 Å². The highest BCUT2D eigenvalue weighted by Gasteiger charge is 2.48. The first-order chi connectivity index (χ1) is 27.0. The molecule has 0 N–H and O–H groups in total. The van der Waals surface area contributed by atoms with Gasteiger partial charge in [0.1, 0.15) is 0 Å². The third kappa shape index (κ3) is 5.25. The number of fused-ring (bicyclic) bond motifs is 4. The van der Waals surface area contributed by atoms with Crippen molar-refractivity contribution >= 4 is 35.2 Å². The van der Waals surface area contributed by atoms with E-state index >= 15 is 0 Å². The molecule has 0 aromatic heterocycles. The molecular weight excluding hydrogens is 682 g/mol. The Labute approximate surface area is 327 Å². The van der Waals surface area contributed by atoms with Gasteiger partial charge in [-0.3, -0.25) is 0 Å². The van der Waals surface area contributed by atoms with Crippen molar-refractivity contribution in [1.29, 1.82) is 0 Å². The van der Waals surface area contributed by atoms with Crippen molar-refractivity contribution in [3.8, 4) is 11.1 Å². The molecule has 0 fully saturated rings. The van der Waals surface area contributed by atoms with E-state index in [1.807, 2.05) is 0 Å². The van der Waals surface area contributed by atoms with Crippen LogP contribution in [0.5, 0.6) is 0 Å². The van der Waals surface area contributed by atoms with Crippen LogP contribution in [0.25, 0.3) is 11.1 Å². The Morgan fingerprint density at radius 3 is 1.64 bits per heavy atom. The van der Waals surface area contributed by atoms with Crippen LogP contribution in [0.1, 0.15) is 55.0 Å². The van der Waals surface area contributed by atoms with E-state index in [2.05, 4.69) is 220 Å². The van der Waals surface area contributed by atoms with E-state index in [-0.39, 0.29) is 5.41 Å². The van der Waals surface area contributed by atoms with Crippen LogP contribution >= 0.6 is 7.92 Å². The zero-order chi connectivity index (χ0) is 37.1. The van der Waals surface area contributed by atoms with Gasteiger partial charge in [0, 0.05) is 16.8 Å². The van der Waals surface area contributed by atoms with Crippen LogP contribution < -0.4 is 20.8 Å². The van der Waals surface area contributed by atoms with Crippen LogP contribution in [0.3, 0.4) is 0 Å². The Hall–Kier alpha value is -5.75. The lowest BCUT2D eigenvalue weighted by molar-refractivity contribution is 0.531. The van der Waals surface area contributed by atoms with Crippen LogP contribution in [0.4, 0.5) is 11.4 Å². The van der Waals surface area contributed by atoms with Gasteiger partial charge in [-0.25, -0.2) is 0 Å². The first-order valence-corrected chi connectivity index (χ1v) is 20.9. The summed E-state index contributed by atoms with van der Waals surface area (Å²) in [5.41, 5.74) is 14.0. The maximum absolute atomic E-state index is 2.58. The molecule has 2 heteroatoms. The average molecular weight is 726 g/mol. The summed E-state index contributed by atoms with van der Waals surface area (Å²) >= 11 is 0. The van der Waals surface area contributed by atoms with Gasteiger partial charge in [0.2, 0.25) is 0 Å². The second-order valence-electron chi connectivity index (χ2n) is 15.8. The summed E-state index contributed by atoms with van der Waals surface area (Å²) in [5.74, 6) is 0.496. The largest absolute Gasteiger partial charge is 0.310 e. The first kappa shape index (κ1) is 33.8. The van der Waals surface area contributed by atoms with Gasteiger partial charge in [-0.15, -0.1) is 0 Å². The fraction of sp³-hybridized carbons (Fsp3) is 0.132. The molecule has 10 rings (SSSR count). The third-order valence-corrected chi connectivity index (χ3v) is 14.8. The minimum absolute atomic E-state index is 0.158. The molecular formula is C53H44NP. The number of rotatable bonds is 6. The molecule has 1 aliphatic heterocycles. The SMILES string of the molecule is CC1C=CC2=C(C1)C(C)(C)c1cc(C3(c4ccc(P(c5ccccc5)c5ccccc5)cc4)c4ccccc4-c4ccccc43)ccc1N2c1ccccc1. The molecule has 3 aliphatic rings. The maximum Gasteiger partial charge on any atom is 0.0713 e. The van der Waals surface area contributed by atoms with Crippen LogP contribution in [0.15, 0.2) is 205 Å². The molecule has 0 amide bonds. The molecule has 0 bridgehead atoms.